The number of benzene rings is 2. The van der Waals surface area contributed by atoms with Gasteiger partial charge in [0.05, 0.1) is 16.1 Å². The molecule has 0 bridgehead atoms. The summed E-state index contributed by atoms with van der Waals surface area (Å²) in [5, 5.41) is 10.1. The molecule has 1 aliphatic carbocycles. The molecule has 1 amide bonds. The molecular weight excluding hydrogens is 463 g/mol. The van der Waals surface area contributed by atoms with E-state index in [-0.39, 0.29) is 12.0 Å². The van der Waals surface area contributed by atoms with E-state index in [0.29, 0.717) is 27.7 Å². The minimum Gasteiger partial charge on any atom is -0.478 e. The van der Waals surface area contributed by atoms with Crippen LogP contribution in [-0.2, 0) is 9.53 Å². The Labute approximate surface area is 203 Å². The number of ether oxygens (including phenoxy) is 1. The molecule has 0 saturated heterocycles. The smallest absolute Gasteiger partial charge is 0.410 e. The van der Waals surface area contributed by atoms with Gasteiger partial charge in [0.2, 0.25) is 0 Å². The third-order valence-corrected chi connectivity index (χ3v) is 6.42. The molecule has 3 rings (SSSR count). The summed E-state index contributed by atoms with van der Waals surface area (Å²) in [5.74, 6) is -1.10. The van der Waals surface area contributed by atoms with E-state index in [4.69, 9.17) is 33.7 Å². The summed E-state index contributed by atoms with van der Waals surface area (Å²) in [6.45, 7) is 5.44. The number of fused-ring (bicyclic) bond motifs is 1. The average Bonchev–Trinajstić information content (AvgIpc) is 2.72. The van der Waals surface area contributed by atoms with Gasteiger partial charge in [-0.2, -0.15) is 0 Å². The summed E-state index contributed by atoms with van der Waals surface area (Å²) in [4.78, 5) is 25.7. The number of hydrogen-bond donors (Lipinski definition) is 2. The molecule has 0 spiro atoms. The molecular formula is C25H28Cl2N2O4. The van der Waals surface area contributed by atoms with Gasteiger partial charge in [0.1, 0.15) is 5.60 Å². The third kappa shape index (κ3) is 5.63. The Balaban J connectivity index is 2.16. The van der Waals surface area contributed by atoms with E-state index in [0.717, 1.165) is 29.2 Å². The van der Waals surface area contributed by atoms with Gasteiger partial charge in [-0.3, -0.25) is 0 Å². The van der Waals surface area contributed by atoms with Crippen molar-refractivity contribution in [1.82, 2.24) is 4.90 Å². The number of carboxylic acids is 1. The first-order valence-corrected chi connectivity index (χ1v) is 11.4. The minimum absolute atomic E-state index is 0.0179. The predicted octanol–water partition coefficient (Wildman–Crippen LogP) is 6.51. The Morgan fingerprint density at radius 3 is 2.45 bits per heavy atom. The maximum absolute atomic E-state index is 12.9. The highest BCUT2D eigenvalue weighted by Gasteiger charge is 2.36. The molecule has 2 aromatic rings. The van der Waals surface area contributed by atoms with E-state index in [2.05, 4.69) is 0 Å². The lowest BCUT2D eigenvalue weighted by Crippen LogP contribution is -2.38. The second-order valence-corrected chi connectivity index (χ2v) is 9.97. The van der Waals surface area contributed by atoms with Crippen molar-refractivity contribution < 1.29 is 19.4 Å². The highest BCUT2D eigenvalue weighted by molar-refractivity contribution is 6.42. The van der Waals surface area contributed by atoms with E-state index in [9.17, 15) is 14.7 Å². The molecule has 2 aromatic carbocycles. The van der Waals surface area contributed by atoms with Crippen molar-refractivity contribution in [3.05, 3.63) is 68.7 Å². The number of nitrogens with two attached hydrogens (primary N) is 1. The van der Waals surface area contributed by atoms with Gasteiger partial charge in [0.15, 0.2) is 0 Å². The lowest BCUT2D eigenvalue weighted by molar-refractivity contribution is -0.131. The molecule has 3 N–H and O–H groups in total. The summed E-state index contributed by atoms with van der Waals surface area (Å²) in [6.07, 6.45) is 3.46. The lowest BCUT2D eigenvalue weighted by Gasteiger charge is -2.39. The van der Waals surface area contributed by atoms with Gasteiger partial charge < -0.3 is 20.5 Å². The van der Waals surface area contributed by atoms with E-state index in [1.807, 2.05) is 39.0 Å². The Morgan fingerprint density at radius 1 is 1.15 bits per heavy atom. The summed E-state index contributed by atoms with van der Waals surface area (Å²) in [6, 6.07) is 8.90. The number of rotatable bonds is 4. The van der Waals surface area contributed by atoms with Crippen LogP contribution in [0, 0.1) is 0 Å². The number of aliphatic carboxylic acids is 1. The molecule has 0 radical (unpaired) electrons. The predicted molar refractivity (Wildman–Crippen MR) is 132 cm³/mol. The van der Waals surface area contributed by atoms with Crippen LogP contribution in [0.3, 0.4) is 0 Å². The minimum atomic E-state index is -1.08. The zero-order valence-corrected chi connectivity index (χ0v) is 20.6. The molecule has 2 atom stereocenters. The zero-order valence-electron chi connectivity index (χ0n) is 19.1. The maximum Gasteiger partial charge on any atom is 0.410 e. The normalized spacial score (nSPS) is 18.1. The number of hydrogen-bond acceptors (Lipinski definition) is 4. The fourth-order valence-electron chi connectivity index (χ4n) is 4.23. The average molecular weight is 491 g/mol. The molecule has 0 aromatic heterocycles. The largest absolute Gasteiger partial charge is 0.478 e. The van der Waals surface area contributed by atoms with Gasteiger partial charge >= 0.3 is 12.1 Å². The monoisotopic (exact) mass is 490 g/mol. The van der Waals surface area contributed by atoms with Gasteiger partial charge in [-0.1, -0.05) is 35.3 Å². The van der Waals surface area contributed by atoms with E-state index in [1.165, 1.54) is 6.08 Å². The SMILES string of the molecule is CN(C(=O)OC(C)(C)C)[C@H]1CC[C@@H](c2ccc(Cl)c(Cl)c2)c2ccc(N)c(C=CC(=O)O)c21. The van der Waals surface area contributed by atoms with Crippen LogP contribution in [0.4, 0.5) is 10.5 Å². The number of anilines is 1. The first-order chi connectivity index (χ1) is 15.4. The molecule has 0 unspecified atom stereocenters. The Morgan fingerprint density at radius 2 is 1.85 bits per heavy atom. The number of carboxylic acid groups (broad SMARTS) is 1. The Bertz CT molecular complexity index is 1110. The highest BCUT2D eigenvalue weighted by atomic mass is 35.5. The van der Waals surface area contributed by atoms with Gasteiger partial charge in [-0.05, 0) is 74.6 Å². The number of nitrogen functional groups attached to an aromatic ring is 1. The molecule has 0 heterocycles. The topological polar surface area (TPSA) is 92.9 Å². The van der Waals surface area contributed by atoms with Gasteiger partial charge in [-0.25, -0.2) is 9.59 Å². The summed E-state index contributed by atoms with van der Waals surface area (Å²) in [7, 11) is 1.69. The van der Waals surface area contributed by atoms with Crippen molar-refractivity contribution in [2.24, 2.45) is 0 Å². The summed E-state index contributed by atoms with van der Waals surface area (Å²) < 4.78 is 5.59. The molecule has 0 aliphatic heterocycles. The molecule has 8 heteroatoms. The molecule has 176 valence electrons. The molecule has 0 fully saturated rings. The van der Waals surface area contributed by atoms with E-state index >= 15 is 0 Å². The van der Waals surface area contributed by atoms with Crippen LogP contribution >= 0.6 is 23.2 Å². The van der Waals surface area contributed by atoms with Gasteiger partial charge in [0, 0.05) is 30.3 Å². The quantitative estimate of drug-likeness (QED) is 0.376. The second kappa shape index (κ2) is 9.65. The van der Waals surface area contributed by atoms with Crippen LogP contribution in [0.25, 0.3) is 6.08 Å². The first kappa shape index (κ1) is 24.9. The van der Waals surface area contributed by atoms with Crippen molar-refractivity contribution in [3.63, 3.8) is 0 Å². The molecule has 33 heavy (non-hydrogen) atoms. The van der Waals surface area contributed by atoms with Crippen molar-refractivity contribution in [1.29, 1.82) is 0 Å². The fraction of sp³-hybridized carbons (Fsp3) is 0.360. The second-order valence-electron chi connectivity index (χ2n) is 9.15. The zero-order chi connectivity index (χ0) is 24.5. The van der Waals surface area contributed by atoms with Crippen LogP contribution in [0.5, 0.6) is 0 Å². The van der Waals surface area contributed by atoms with Crippen LogP contribution < -0.4 is 5.73 Å². The number of carbonyl (C=O) groups excluding carboxylic acids is 1. The fourth-order valence-corrected chi connectivity index (χ4v) is 4.54. The molecule has 6 nitrogen and oxygen atoms in total. The maximum atomic E-state index is 12.9. The number of amides is 1. The lowest BCUT2D eigenvalue weighted by atomic mass is 9.74. The summed E-state index contributed by atoms with van der Waals surface area (Å²) in [5.41, 5.74) is 9.41. The van der Waals surface area contributed by atoms with E-state index < -0.39 is 17.7 Å². The van der Waals surface area contributed by atoms with Crippen molar-refractivity contribution in [2.75, 3.05) is 12.8 Å². The number of halogens is 2. The standard InChI is InChI=1S/C25H28Cl2N2O4/c1-25(2,3)33-24(32)29(4)21-11-7-15(14-5-9-18(26)19(27)13-14)16-6-10-20(28)17(23(16)21)8-12-22(30)31/h5-6,8-10,12-13,15,21H,7,11,28H2,1-4H3,(H,30,31)/t15-,21-/m0/s1. The van der Waals surface area contributed by atoms with Crippen LogP contribution in [-0.4, -0.2) is 34.7 Å². The van der Waals surface area contributed by atoms with Crippen molar-refractivity contribution in [2.45, 2.75) is 51.2 Å². The third-order valence-electron chi connectivity index (χ3n) is 5.68. The van der Waals surface area contributed by atoms with Crippen LogP contribution in [0.2, 0.25) is 10.0 Å². The van der Waals surface area contributed by atoms with Crippen molar-refractivity contribution in [3.8, 4) is 0 Å². The first-order valence-electron chi connectivity index (χ1n) is 10.6. The summed E-state index contributed by atoms with van der Waals surface area (Å²) >= 11 is 12.4. The number of carbonyl (C=O) groups is 2. The van der Waals surface area contributed by atoms with Gasteiger partial charge in [-0.15, -0.1) is 0 Å². The van der Waals surface area contributed by atoms with Gasteiger partial charge in [0.25, 0.3) is 0 Å². The van der Waals surface area contributed by atoms with Crippen molar-refractivity contribution >= 4 is 47.0 Å². The highest BCUT2D eigenvalue weighted by Crippen LogP contribution is 2.47. The van der Waals surface area contributed by atoms with Crippen LogP contribution in [0.15, 0.2) is 36.4 Å². The Kier molecular flexibility index (Phi) is 7.29. The molecule has 1 aliphatic rings. The van der Waals surface area contributed by atoms with Crippen LogP contribution in [0.1, 0.15) is 67.8 Å². The van der Waals surface area contributed by atoms with E-state index in [1.54, 1.807) is 24.1 Å². The molecule has 0 saturated carbocycles. The number of nitrogens with zero attached hydrogens (tertiary/aromatic N) is 1. The Hall–Kier alpha value is -2.70.